The molecule has 0 N–H and O–H groups in total. The summed E-state index contributed by atoms with van der Waals surface area (Å²) >= 11 is 0. The van der Waals surface area contributed by atoms with Gasteiger partial charge in [0, 0.05) is 32.9 Å². The van der Waals surface area contributed by atoms with Crippen molar-refractivity contribution in [3.63, 3.8) is 0 Å². The molecule has 51 heavy (non-hydrogen) atoms. The molecule has 0 unspecified atom stereocenters. The SMILES string of the molecule is c1ccc([Si](c2ccccc2)(c2ccccc2)c2cccc(-n3c4ccccc4c4cc(-n5c6ccccc6c6ccccc65)ccc43)c2)cc1. The lowest BCUT2D eigenvalue weighted by molar-refractivity contribution is 1.17. The van der Waals surface area contributed by atoms with Gasteiger partial charge in [0.2, 0.25) is 0 Å². The van der Waals surface area contributed by atoms with Crippen molar-refractivity contribution >= 4 is 72.4 Å². The van der Waals surface area contributed by atoms with Crippen molar-refractivity contribution in [1.29, 1.82) is 0 Å². The average molecular weight is 667 g/mol. The highest BCUT2D eigenvalue weighted by Crippen LogP contribution is 2.36. The molecule has 0 atom stereocenters. The minimum atomic E-state index is -2.69. The van der Waals surface area contributed by atoms with Gasteiger partial charge >= 0.3 is 0 Å². The lowest BCUT2D eigenvalue weighted by Crippen LogP contribution is -2.74. The van der Waals surface area contributed by atoms with Crippen LogP contribution in [0.4, 0.5) is 0 Å². The van der Waals surface area contributed by atoms with Crippen molar-refractivity contribution in [1.82, 2.24) is 9.13 Å². The summed E-state index contributed by atoms with van der Waals surface area (Å²) in [6.45, 7) is 0. The van der Waals surface area contributed by atoms with Crippen LogP contribution in [0.2, 0.25) is 0 Å². The van der Waals surface area contributed by atoms with Gasteiger partial charge in [0.25, 0.3) is 0 Å². The van der Waals surface area contributed by atoms with Gasteiger partial charge in [-0.3, -0.25) is 0 Å². The van der Waals surface area contributed by atoms with Gasteiger partial charge in [-0.15, -0.1) is 0 Å². The summed E-state index contributed by atoms with van der Waals surface area (Å²) in [5, 5.41) is 10.5. The van der Waals surface area contributed by atoms with Crippen LogP contribution < -0.4 is 20.7 Å². The summed E-state index contributed by atoms with van der Waals surface area (Å²) in [6, 6.07) is 76.2. The van der Waals surface area contributed by atoms with E-state index in [9.17, 15) is 0 Å². The standard InChI is InChI=1S/C48H34N2Si/c1-4-18-37(19-5-1)51(38-20-6-2-7-21-38,39-22-8-3-9-23-39)40-24-16-17-35(33-40)49-47-30-15-12-27-43(47)44-34-36(31-32-48(44)49)50-45-28-13-10-25-41(45)42-26-11-14-29-46(42)50/h1-34H. The van der Waals surface area contributed by atoms with E-state index in [1.165, 1.54) is 75.7 Å². The van der Waals surface area contributed by atoms with Gasteiger partial charge in [0.15, 0.2) is 8.07 Å². The molecule has 0 saturated carbocycles. The summed E-state index contributed by atoms with van der Waals surface area (Å²) in [5.74, 6) is 0. The Hall–Kier alpha value is -6.42. The number of benzene rings is 8. The van der Waals surface area contributed by atoms with Crippen molar-refractivity contribution in [2.45, 2.75) is 0 Å². The molecule has 0 bridgehead atoms. The second kappa shape index (κ2) is 11.9. The van der Waals surface area contributed by atoms with E-state index in [1.807, 2.05) is 0 Å². The van der Waals surface area contributed by atoms with Crippen molar-refractivity contribution in [2.24, 2.45) is 0 Å². The second-order valence-corrected chi connectivity index (χ2v) is 17.1. The maximum Gasteiger partial charge on any atom is 0.179 e. The molecule has 3 heteroatoms. The number of fused-ring (bicyclic) bond motifs is 6. The molecule has 0 aliphatic heterocycles. The zero-order valence-corrected chi connectivity index (χ0v) is 29.0. The molecule has 240 valence electrons. The van der Waals surface area contributed by atoms with E-state index in [4.69, 9.17) is 0 Å². The van der Waals surface area contributed by atoms with Crippen LogP contribution in [0.15, 0.2) is 206 Å². The first-order valence-electron chi connectivity index (χ1n) is 17.6. The first-order valence-corrected chi connectivity index (χ1v) is 19.6. The molecule has 0 aliphatic carbocycles. The van der Waals surface area contributed by atoms with Crippen molar-refractivity contribution in [3.05, 3.63) is 206 Å². The number of aromatic nitrogens is 2. The van der Waals surface area contributed by atoms with Crippen LogP contribution in [0.5, 0.6) is 0 Å². The molecule has 0 aliphatic rings. The summed E-state index contributed by atoms with van der Waals surface area (Å²) in [7, 11) is -2.69. The van der Waals surface area contributed by atoms with Crippen LogP contribution >= 0.6 is 0 Å². The topological polar surface area (TPSA) is 9.86 Å². The zero-order valence-electron chi connectivity index (χ0n) is 28.0. The minimum absolute atomic E-state index is 1.17. The summed E-state index contributed by atoms with van der Waals surface area (Å²) in [4.78, 5) is 0. The van der Waals surface area contributed by atoms with Gasteiger partial charge < -0.3 is 9.13 Å². The van der Waals surface area contributed by atoms with E-state index >= 15 is 0 Å². The molecule has 8 aromatic carbocycles. The van der Waals surface area contributed by atoms with Gasteiger partial charge in [-0.25, -0.2) is 0 Å². The third-order valence-electron chi connectivity index (χ3n) is 10.7. The molecular weight excluding hydrogens is 633 g/mol. The van der Waals surface area contributed by atoms with E-state index in [2.05, 4.69) is 215 Å². The van der Waals surface area contributed by atoms with E-state index in [0.717, 1.165) is 0 Å². The fourth-order valence-corrected chi connectivity index (χ4v) is 13.3. The molecule has 0 saturated heterocycles. The number of hydrogen-bond donors (Lipinski definition) is 0. The average Bonchev–Trinajstić information content (AvgIpc) is 3.72. The number of para-hydroxylation sites is 3. The van der Waals surface area contributed by atoms with Crippen LogP contribution in [-0.2, 0) is 0 Å². The molecule has 0 radical (unpaired) electrons. The van der Waals surface area contributed by atoms with Crippen LogP contribution in [0, 0.1) is 0 Å². The number of hydrogen-bond acceptors (Lipinski definition) is 0. The Morgan fingerprint density at radius 1 is 0.255 bits per heavy atom. The Balaban J connectivity index is 1.23. The lowest BCUT2D eigenvalue weighted by Gasteiger charge is -2.34. The Morgan fingerprint density at radius 3 is 1.12 bits per heavy atom. The Labute approximate surface area is 298 Å². The molecule has 2 heterocycles. The molecule has 0 spiro atoms. The molecular formula is C48H34N2Si. The molecule has 10 aromatic rings. The monoisotopic (exact) mass is 666 g/mol. The smallest absolute Gasteiger partial charge is 0.179 e. The van der Waals surface area contributed by atoms with Crippen molar-refractivity contribution in [3.8, 4) is 11.4 Å². The van der Waals surface area contributed by atoms with Crippen LogP contribution in [0.1, 0.15) is 0 Å². The predicted octanol–water partition coefficient (Wildman–Crippen LogP) is 9.26. The summed E-state index contributed by atoms with van der Waals surface area (Å²) < 4.78 is 4.88. The summed E-state index contributed by atoms with van der Waals surface area (Å²) in [6.07, 6.45) is 0. The normalized spacial score (nSPS) is 11.9. The third kappa shape index (κ3) is 4.49. The highest BCUT2D eigenvalue weighted by atomic mass is 28.3. The first kappa shape index (κ1) is 29.5. The fourth-order valence-electron chi connectivity index (χ4n) is 8.52. The Kier molecular flexibility index (Phi) is 6.86. The van der Waals surface area contributed by atoms with Gasteiger partial charge in [0.05, 0.1) is 22.1 Å². The molecule has 0 amide bonds. The maximum absolute atomic E-state index is 2.69. The summed E-state index contributed by atoms with van der Waals surface area (Å²) in [5.41, 5.74) is 7.18. The molecule has 2 nitrogen and oxygen atoms in total. The highest BCUT2D eigenvalue weighted by Gasteiger charge is 2.41. The largest absolute Gasteiger partial charge is 0.309 e. The predicted molar refractivity (Wildman–Crippen MR) is 219 cm³/mol. The van der Waals surface area contributed by atoms with Crippen molar-refractivity contribution in [2.75, 3.05) is 0 Å². The second-order valence-electron chi connectivity index (χ2n) is 13.3. The van der Waals surface area contributed by atoms with E-state index in [0.29, 0.717) is 0 Å². The van der Waals surface area contributed by atoms with Crippen LogP contribution in [-0.4, -0.2) is 17.2 Å². The lowest BCUT2D eigenvalue weighted by atomic mass is 10.1. The Morgan fingerprint density at radius 2 is 0.627 bits per heavy atom. The number of nitrogens with zero attached hydrogens (tertiary/aromatic N) is 2. The Bertz CT molecular complexity index is 2700. The fraction of sp³-hybridized carbons (Fsp3) is 0. The number of rotatable bonds is 6. The first-order chi connectivity index (χ1) is 25.3. The van der Waals surface area contributed by atoms with Crippen LogP contribution in [0.25, 0.3) is 55.0 Å². The maximum atomic E-state index is 2.46. The highest BCUT2D eigenvalue weighted by molar-refractivity contribution is 7.19. The van der Waals surface area contributed by atoms with Crippen LogP contribution in [0.3, 0.4) is 0 Å². The quantitative estimate of drug-likeness (QED) is 0.124. The third-order valence-corrected chi connectivity index (χ3v) is 15.4. The zero-order chi connectivity index (χ0) is 33.8. The van der Waals surface area contributed by atoms with Gasteiger partial charge in [-0.2, -0.15) is 0 Å². The van der Waals surface area contributed by atoms with Gasteiger partial charge in [0.1, 0.15) is 0 Å². The van der Waals surface area contributed by atoms with E-state index < -0.39 is 8.07 Å². The molecule has 10 rings (SSSR count). The van der Waals surface area contributed by atoms with E-state index in [-0.39, 0.29) is 0 Å². The molecule has 2 aromatic heterocycles. The van der Waals surface area contributed by atoms with Gasteiger partial charge in [-0.05, 0) is 69.3 Å². The molecule has 0 fully saturated rings. The minimum Gasteiger partial charge on any atom is -0.309 e. The van der Waals surface area contributed by atoms with Crippen molar-refractivity contribution < 1.29 is 0 Å². The van der Waals surface area contributed by atoms with Gasteiger partial charge in [-0.1, -0.05) is 158 Å². The van der Waals surface area contributed by atoms with E-state index in [1.54, 1.807) is 0 Å².